The molecule has 4 aliphatic heterocycles. The molecule has 2 saturated heterocycles. The number of nitrogens with zero attached hydrogens (tertiary/aromatic N) is 2. The van der Waals surface area contributed by atoms with Crippen molar-refractivity contribution >= 4 is 82.7 Å². The van der Waals surface area contributed by atoms with Crippen molar-refractivity contribution in [3.05, 3.63) is 215 Å². The summed E-state index contributed by atoms with van der Waals surface area (Å²) in [6, 6.07) is 60.3. The van der Waals surface area contributed by atoms with Crippen LogP contribution >= 0.6 is 73.9 Å². The van der Waals surface area contributed by atoms with Crippen LogP contribution in [0.5, 0.6) is 0 Å². The van der Waals surface area contributed by atoms with Crippen LogP contribution in [0.3, 0.4) is 0 Å². The summed E-state index contributed by atoms with van der Waals surface area (Å²) in [7, 11) is 0. The standard InChI is InChI=1S/2C30H33NO5S2.2BrH.Pd/c2*32-18-25-26(33-19-22-10-4-1-5-11-22)27(34-20-23-12-6-2-7-13-23)28(35-21-24-14-8-3-9-15-24)29(36-25)38-30-31-16-17-37-30;;;/h2*1-15,25-29,32H,16-21H2;2*1H;/q;;;;+2/p-2. The van der Waals surface area contributed by atoms with Crippen molar-refractivity contribution in [2.24, 2.45) is 9.98 Å². The van der Waals surface area contributed by atoms with E-state index in [0.717, 1.165) is 66.7 Å². The number of benzene rings is 6. The van der Waals surface area contributed by atoms with E-state index in [1.54, 1.807) is 47.0 Å². The fourth-order valence-corrected chi connectivity index (χ4v) is 13.5. The van der Waals surface area contributed by atoms with E-state index < -0.39 is 59.7 Å². The molecule has 2 fully saturated rings. The SMILES string of the molecule is OCC1OC(SC2=NCCS2)C(OCc2ccccc2)C(OCc2ccccc2)C1OCc1ccccc1.OCC1OC(SC2=NCCS2)C(OCc2ccccc2)C(OCc2ccccc2)C1OCc1ccccc1.[Br][Pd][Br]. The Morgan fingerprint density at radius 3 is 0.873 bits per heavy atom. The Bertz CT molecular complexity index is 2490. The molecule has 0 radical (unpaired) electrons. The van der Waals surface area contributed by atoms with E-state index in [9.17, 15) is 10.2 Å². The van der Waals surface area contributed by atoms with Gasteiger partial charge in [-0.3, -0.25) is 9.98 Å². The molecular formula is C60H66Br2N2O10PdS4. The van der Waals surface area contributed by atoms with Gasteiger partial charge in [0.05, 0.1) is 65.9 Å². The minimum absolute atomic E-state index is 0.188. The molecule has 12 nitrogen and oxygen atoms in total. The Morgan fingerprint density at radius 2 is 0.646 bits per heavy atom. The van der Waals surface area contributed by atoms with Gasteiger partial charge < -0.3 is 48.1 Å². The van der Waals surface area contributed by atoms with Crippen LogP contribution in [-0.4, -0.2) is 116 Å². The van der Waals surface area contributed by atoms with E-state index in [1.165, 1.54) is 0 Å². The summed E-state index contributed by atoms with van der Waals surface area (Å²) >= 11 is 13.4. The van der Waals surface area contributed by atoms with Crippen LogP contribution in [0.25, 0.3) is 0 Å². The molecule has 0 saturated carbocycles. The van der Waals surface area contributed by atoms with Crippen molar-refractivity contribution in [3.63, 3.8) is 0 Å². The average Bonchev–Trinajstić information content (AvgIpc) is 4.27. The summed E-state index contributed by atoms with van der Waals surface area (Å²) in [5.74, 6) is 1.93. The van der Waals surface area contributed by atoms with Crippen molar-refractivity contribution in [2.75, 3.05) is 37.8 Å². The summed E-state index contributed by atoms with van der Waals surface area (Å²) in [6.45, 7) is 3.59. The third-order valence-electron chi connectivity index (χ3n) is 12.8. The first-order chi connectivity index (χ1) is 39.0. The van der Waals surface area contributed by atoms with E-state index in [-0.39, 0.29) is 13.2 Å². The monoisotopic (exact) mass is 1370 g/mol. The van der Waals surface area contributed by atoms with Crippen LogP contribution in [0.2, 0.25) is 0 Å². The first kappa shape index (κ1) is 62.3. The van der Waals surface area contributed by atoms with Gasteiger partial charge >= 0.3 is 40.8 Å². The molecule has 424 valence electrons. The van der Waals surface area contributed by atoms with Gasteiger partial charge in [-0.15, -0.1) is 0 Å². The van der Waals surface area contributed by atoms with Gasteiger partial charge in [0.15, 0.2) is 0 Å². The minimum atomic E-state index is -0.569. The summed E-state index contributed by atoms with van der Waals surface area (Å²) in [4.78, 5) is 9.24. The van der Waals surface area contributed by atoms with Gasteiger partial charge in [-0.1, -0.05) is 229 Å². The Kier molecular flexibility index (Phi) is 28.0. The topological polar surface area (TPSA) is 139 Å². The molecular weight excluding hydrogens is 1300 g/mol. The van der Waals surface area contributed by atoms with Crippen molar-refractivity contribution in [1.82, 2.24) is 0 Å². The normalized spacial score (nSPS) is 24.6. The Hall–Kier alpha value is -2.72. The van der Waals surface area contributed by atoms with Gasteiger partial charge in [0, 0.05) is 11.5 Å². The number of hydrogen-bond donors (Lipinski definition) is 2. The van der Waals surface area contributed by atoms with Gasteiger partial charge in [-0.25, -0.2) is 0 Å². The average molecular weight is 1370 g/mol. The molecule has 0 bridgehead atoms. The van der Waals surface area contributed by atoms with E-state index in [0.29, 0.717) is 53.6 Å². The number of aliphatic imine (C=N–C) groups is 2. The molecule has 6 aromatic rings. The van der Waals surface area contributed by atoms with Gasteiger partial charge in [0.1, 0.15) is 68.5 Å². The van der Waals surface area contributed by atoms with Crippen LogP contribution in [0, 0.1) is 0 Å². The number of ether oxygens (including phenoxy) is 8. The summed E-state index contributed by atoms with van der Waals surface area (Å²) < 4.78 is 54.1. The molecule has 19 heteroatoms. The fraction of sp³-hybridized carbons (Fsp3) is 0.367. The predicted molar refractivity (Wildman–Crippen MR) is 324 cm³/mol. The van der Waals surface area contributed by atoms with Crippen LogP contribution in [-0.2, 0) is 91.5 Å². The second kappa shape index (κ2) is 35.4. The van der Waals surface area contributed by atoms with Crippen LogP contribution in [0.1, 0.15) is 33.4 Å². The molecule has 2 N–H and O–H groups in total. The Morgan fingerprint density at radius 1 is 0.405 bits per heavy atom. The number of hydrogen-bond acceptors (Lipinski definition) is 16. The van der Waals surface area contributed by atoms with Gasteiger partial charge in [0.2, 0.25) is 0 Å². The van der Waals surface area contributed by atoms with Gasteiger partial charge in [0.25, 0.3) is 0 Å². The summed E-state index contributed by atoms with van der Waals surface area (Å²) in [5.41, 5.74) is 5.52. The number of thioether (sulfide) groups is 4. The number of aliphatic hydroxyl groups excluding tert-OH is 2. The Balaban J connectivity index is 0.000000198. The first-order valence-corrected chi connectivity index (χ1v) is 36.8. The maximum atomic E-state index is 10.4. The maximum absolute atomic E-state index is 10.4. The van der Waals surface area contributed by atoms with Gasteiger partial charge in [-0.2, -0.15) is 0 Å². The zero-order valence-corrected chi connectivity index (χ0v) is 51.3. The number of rotatable bonds is 22. The van der Waals surface area contributed by atoms with E-state index >= 15 is 0 Å². The molecule has 4 aliphatic rings. The van der Waals surface area contributed by atoms with Gasteiger partial charge in [-0.05, 0) is 33.4 Å². The molecule has 4 heterocycles. The number of halogens is 2. The van der Waals surface area contributed by atoms with E-state index in [4.69, 9.17) is 37.9 Å². The molecule has 79 heavy (non-hydrogen) atoms. The fourth-order valence-electron chi connectivity index (χ4n) is 8.95. The summed E-state index contributed by atoms with van der Waals surface area (Å²) in [6.07, 6.45) is -4.04. The predicted octanol–water partition coefficient (Wildman–Crippen LogP) is 12.3. The zero-order chi connectivity index (χ0) is 54.7. The van der Waals surface area contributed by atoms with E-state index in [1.807, 2.05) is 182 Å². The number of aliphatic hydroxyl groups is 2. The second-order valence-electron chi connectivity index (χ2n) is 18.3. The van der Waals surface area contributed by atoms with Crippen molar-refractivity contribution < 1.29 is 62.1 Å². The third-order valence-corrected chi connectivity index (χ3v) is 17.5. The molecule has 10 atom stereocenters. The molecule has 0 spiro atoms. The van der Waals surface area contributed by atoms with Crippen LogP contribution < -0.4 is 0 Å². The first-order valence-electron chi connectivity index (χ1n) is 26.0. The molecule has 0 aliphatic carbocycles. The molecule has 10 rings (SSSR count). The van der Waals surface area contributed by atoms with Crippen molar-refractivity contribution in [3.8, 4) is 0 Å². The summed E-state index contributed by atoms with van der Waals surface area (Å²) in [5, 5.41) is 20.8. The van der Waals surface area contributed by atoms with Crippen LogP contribution in [0.4, 0.5) is 0 Å². The quantitative estimate of drug-likeness (QED) is 0.0623. The molecule has 10 unspecified atom stereocenters. The molecule has 0 amide bonds. The third kappa shape index (κ3) is 20.3. The second-order valence-corrected chi connectivity index (χ2v) is 30.3. The van der Waals surface area contributed by atoms with Crippen molar-refractivity contribution in [1.29, 1.82) is 0 Å². The van der Waals surface area contributed by atoms with E-state index in [2.05, 4.69) is 36.8 Å². The molecule has 6 aromatic carbocycles. The van der Waals surface area contributed by atoms with Crippen LogP contribution in [0.15, 0.2) is 192 Å². The Labute approximate surface area is 502 Å². The van der Waals surface area contributed by atoms with Crippen molar-refractivity contribution in [2.45, 2.75) is 99.3 Å². The zero-order valence-electron chi connectivity index (χ0n) is 43.3. The molecule has 0 aromatic heterocycles.